The van der Waals surface area contributed by atoms with E-state index in [9.17, 15) is 0 Å². The van der Waals surface area contributed by atoms with Gasteiger partial charge < -0.3 is 19.6 Å². The van der Waals surface area contributed by atoms with E-state index in [0.717, 1.165) is 52.9 Å². The third kappa shape index (κ3) is 5.65. The number of benzene rings is 1. The standard InChI is InChI=1S/C22H26N6OS.HI/c1-15-18-8-4-5-9-19(18)29-20(15)13-24-22(23-11-10-17-7-6-12-30-17)25-14-21-27-26-16(2)28(21)3;/h4-9,12H,10-11,13-14H2,1-3H3,(H2,23,24,25);1H. The molecule has 7 nitrogen and oxygen atoms in total. The number of nitrogens with zero attached hydrogens (tertiary/aromatic N) is 4. The van der Waals surface area contributed by atoms with Crippen molar-refractivity contribution in [3.05, 3.63) is 69.6 Å². The summed E-state index contributed by atoms with van der Waals surface area (Å²) in [5.41, 5.74) is 2.06. The van der Waals surface area contributed by atoms with E-state index in [1.165, 1.54) is 4.88 Å². The number of aromatic nitrogens is 3. The van der Waals surface area contributed by atoms with Gasteiger partial charge in [-0.2, -0.15) is 0 Å². The first-order chi connectivity index (χ1) is 14.6. The number of furan rings is 1. The lowest BCUT2D eigenvalue weighted by molar-refractivity contribution is 0.534. The molecule has 3 heterocycles. The molecular weight excluding hydrogens is 523 g/mol. The molecule has 4 rings (SSSR count). The van der Waals surface area contributed by atoms with E-state index < -0.39 is 0 Å². The van der Waals surface area contributed by atoms with Crippen LogP contribution in [-0.2, 0) is 26.6 Å². The highest BCUT2D eigenvalue weighted by atomic mass is 127. The van der Waals surface area contributed by atoms with Crippen LogP contribution in [0.2, 0.25) is 0 Å². The minimum atomic E-state index is 0. The molecule has 4 aromatic rings. The van der Waals surface area contributed by atoms with E-state index in [4.69, 9.17) is 9.41 Å². The Morgan fingerprint density at radius 2 is 1.97 bits per heavy atom. The van der Waals surface area contributed by atoms with Gasteiger partial charge in [0.2, 0.25) is 0 Å². The van der Waals surface area contributed by atoms with Gasteiger partial charge in [-0.1, -0.05) is 24.3 Å². The molecule has 0 aliphatic rings. The van der Waals surface area contributed by atoms with Crippen molar-refractivity contribution >= 4 is 52.2 Å². The van der Waals surface area contributed by atoms with Gasteiger partial charge in [0.15, 0.2) is 11.8 Å². The summed E-state index contributed by atoms with van der Waals surface area (Å²) in [4.78, 5) is 6.06. The van der Waals surface area contributed by atoms with E-state index >= 15 is 0 Å². The highest BCUT2D eigenvalue weighted by Gasteiger charge is 2.11. The monoisotopic (exact) mass is 550 g/mol. The van der Waals surface area contributed by atoms with E-state index in [2.05, 4.69) is 51.3 Å². The molecule has 0 spiro atoms. The van der Waals surface area contributed by atoms with Gasteiger partial charge in [0.05, 0.1) is 6.54 Å². The van der Waals surface area contributed by atoms with Gasteiger partial charge in [0.25, 0.3) is 0 Å². The van der Waals surface area contributed by atoms with Gasteiger partial charge in [0.1, 0.15) is 23.7 Å². The maximum absolute atomic E-state index is 6.03. The van der Waals surface area contributed by atoms with E-state index in [0.29, 0.717) is 13.1 Å². The lowest BCUT2D eigenvalue weighted by atomic mass is 10.1. The average Bonchev–Trinajstić information content (AvgIpc) is 3.46. The molecule has 0 unspecified atom stereocenters. The van der Waals surface area contributed by atoms with Crippen LogP contribution in [0, 0.1) is 13.8 Å². The van der Waals surface area contributed by atoms with Crippen molar-refractivity contribution < 1.29 is 4.42 Å². The van der Waals surface area contributed by atoms with Gasteiger partial charge in [-0.15, -0.1) is 45.5 Å². The fraction of sp³-hybridized carbons (Fsp3) is 0.318. The summed E-state index contributed by atoms with van der Waals surface area (Å²) in [5, 5.41) is 18.4. The number of hydrogen-bond acceptors (Lipinski definition) is 5. The summed E-state index contributed by atoms with van der Waals surface area (Å²) in [6, 6.07) is 12.3. The molecule has 0 atom stereocenters. The predicted molar refractivity (Wildman–Crippen MR) is 136 cm³/mol. The highest BCUT2D eigenvalue weighted by Crippen LogP contribution is 2.24. The number of para-hydroxylation sites is 1. The van der Waals surface area contributed by atoms with Gasteiger partial charge in [-0.3, -0.25) is 0 Å². The minimum absolute atomic E-state index is 0. The molecule has 0 saturated heterocycles. The van der Waals surface area contributed by atoms with Crippen molar-refractivity contribution in [3.63, 3.8) is 0 Å². The Balaban J connectivity index is 0.00000272. The molecule has 0 aliphatic heterocycles. The number of halogens is 1. The second-order valence-corrected chi connectivity index (χ2v) is 8.18. The number of guanidine groups is 1. The molecule has 0 saturated carbocycles. The zero-order chi connectivity index (χ0) is 20.9. The van der Waals surface area contributed by atoms with E-state index in [-0.39, 0.29) is 24.0 Å². The number of thiophene rings is 1. The van der Waals surface area contributed by atoms with Crippen LogP contribution in [0.1, 0.15) is 27.8 Å². The van der Waals surface area contributed by atoms with Crippen LogP contribution >= 0.6 is 35.3 Å². The minimum Gasteiger partial charge on any atom is -0.459 e. The van der Waals surface area contributed by atoms with Gasteiger partial charge in [-0.25, -0.2) is 4.99 Å². The van der Waals surface area contributed by atoms with Crippen LogP contribution in [0.25, 0.3) is 11.0 Å². The Hall–Kier alpha value is -2.40. The lowest BCUT2D eigenvalue weighted by Gasteiger charge is -2.12. The number of nitrogens with one attached hydrogen (secondary N) is 2. The molecule has 0 bridgehead atoms. The predicted octanol–water partition coefficient (Wildman–Crippen LogP) is 4.34. The van der Waals surface area contributed by atoms with Crippen LogP contribution in [-0.4, -0.2) is 27.3 Å². The van der Waals surface area contributed by atoms with Crippen molar-refractivity contribution in [1.82, 2.24) is 25.4 Å². The number of rotatable bonds is 7. The number of hydrogen-bond donors (Lipinski definition) is 2. The molecule has 0 amide bonds. The Labute approximate surface area is 203 Å². The largest absolute Gasteiger partial charge is 0.459 e. The Kier molecular flexibility index (Phi) is 8.08. The first-order valence-electron chi connectivity index (χ1n) is 9.98. The molecule has 3 aromatic heterocycles. The Morgan fingerprint density at radius 1 is 1.13 bits per heavy atom. The maximum atomic E-state index is 6.03. The molecule has 0 fully saturated rings. The molecule has 164 valence electrons. The number of aryl methyl sites for hydroxylation is 2. The molecule has 2 N–H and O–H groups in total. The fourth-order valence-corrected chi connectivity index (χ4v) is 3.94. The zero-order valence-corrected chi connectivity index (χ0v) is 21.0. The van der Waals surface area contributed by atoms with Crippen LogP contribution < -0.4 is 10.6 Å². The second kappa shape index (κ2) is 10.8. The topological polar surface area (TPSA) is 80.3 Å². The third-order valence-corrected chi connectivity index (χ3v) is 6.10. The van der Waals surface area contributed by atoms with Crippen LogP contribution in [0.15, 0.2) is 51.2 Å². The van der Waals surface area contributed by atoms with Crippen molar-refractivity contribution in [1.29, 1.82) is 0 Å². The Morgan fingerprint density at radius 3 is 2.68 bits per heavy atom. The Bertz CT molecular complexity index is 1150. The van der Waals surface area contributed by atoms with Gasteiger partial charge in [-0.05, 0) is 37.8 Å². The first kappa shape index (κ1) is 23.3. The highest BCUT2D eigenvalue weighted by molar-refractivity contribution is 14.0. The van der Waals surface area contributed by atoms with Gasteiger partial charge in [0, 0.05) is 29.4 Å². The van der Waals surface area contributed by atoms with E-state index in [1.54, 1.807) is 11.3 Å². The quantitative estimate of drug-likeness (QED) is 0.204. The molecule has 31 heavy (non-hydrogen) atoms. The molecule has 0 aliphatic carbocycles. The van der Waals surface area contributed by atoms with Crippen molar-refractivity contribution in [3.8, 4) is 0 Å². The smallest absolute Gasteiger partial charge is 0.192 e. The third-order valence-electron chi connectivity index (χ3n) is 5.16. The second-order valence-electron chi connectivity index (χ2n) is 7.14. The van der Waals surface area contributed by atoms with Crippen molar-refractivity contribution in [2.75, 3.05) is 6.54 Å². The average molecular weight is 550 g/mol. The summed E-state index contributed by atoms with van der Waals surface area (Å²) in [6.07, 6.45) is 0.950. The van der Waals surface area contributed by atoms with Crippen molar-refractivity contribution in [2.24, 2.45) is 12.0 Å². The van der Waals surface area contributed by atoms with Crippen molar-refractivity contribution in [2.45, 2.75) is 33.4 Å². The fourth-order valence-electron chi connectivity index (χ4n) is 3.23. The van der Waals surface area contributed by atoms with Gasteiger partial charge >= 0.3 is 0 Å². The summed E-state index contributed by atoms with van der Waals surface area (Å²) < 4.78 is 7.98. The summed E-state index contributed by atoms with van der Waals surface area (Å²) in [5.74, 6) is 3.34. The molecule has 1 aromatic carbocycles. The zero-order valence-electron chi connectivity index (χ0n) is 17.9. The molecule has 9 heteroatoms. The molecular formula is C22H27IN6OS. The SMILES string of the molecule is Cc1c(CNC(=NCc2nnc(C)n2C)NCCc2cccs2)oc2ccccc12.I. The summed E-state index contributed by atoms with van der Waals surface area (Å²) in [6.45, 7) is 5.83. The number of aliphatic imine (C=N–C) groups is 1. The number of fused-ring (bicyclic) bond motifs is 1. The summed E-state index contributed by atoms with van der Waals surface area (Å²) in [7, 11) is 1.95. The maximum Gasteiger partial charge on any atom is 0.192 e. The van der Waals surface area contributed by atoms with Crippen LogP contribution in [0.3, 0.4) is 0 Å². The molecule has 0 radical (unpaired) electrons. The van der Waals surface area contributed by atoms with Crippen LogP contribution in [0.4, 0.5) is 0 Å². The van der Waals surface area contributed by atoms with Crippen LogP contribution in [0.5, 0.6) is 0 Å². The van der Waals surface area contributed by atoms with E-state index in [1.807, 2.05) is 36.7 Å². The summed E-state index contributed by atoms with van der Waals surface area (Å²) >= 11 is 1.77. The lowest BCUT2D eigenvalue weighted by Crippen LogP contribution is -2.38. The normalized spacial score (nSPS) is 11.5. The first-order valence-corrected chi connectivity index (χ1v) is 10.9.